The van der Waals surface area contributed by atoms with Crippen LogP contribution < -0.4 is 0 Å². The van der Waals surface area contributed by atoms with Crippen molar-refractivity contribution < 1.29 is 0 Å². The Morgan fingerprint density at radius 1 is 0.375 bits per heavy atom. The Hall–Kier alpha value is -7.21. The highest BCUT2D eigenvalue weighted by atomic mass is 32.1. The molecule has 56 heavy (non-hydrogen) atoms. The van der Waals surface area contributed by atoms with Gasteiger partial charge < -0.3 is 4.57 Å². The molecule has 11 aromatic rings. The molecule has 0 saturated heterocycles. The predicted octanol–water partition coefficient (Wildman–Crippen LogP) is 13.7. The van der Waals surface area contributed by atoms with Crippen molar-refractivity contribution in [3.05, 3.63) is 194 Å². The average molecular weight is 733 g/mol. The summed E-state index contributed by atoms with van der Waals surface area (Å²) in [5.74, 6) is 1.29. The monoisotopic (exact) mass is 732 g/mol. The number of para-hydroxylation sites is 2. The summed E-state index contributed by atoms with van der Waals surface area (Å²) in [7, 11) is 0. The van der Waals surface area contributed by atoms with Crippen LogP contribution in [0.3, 0.4) is 0 Å². The van der Waals surface area contributed by atoms with Crippen molar-refractivity contribution in [1.82, 2.24) is 19.5 Å². The van der Waals surface area contributed by atoms with E-state index in [1.54, 1.807) is 6.33 Å². The maximum Gasteiger partial charge on any atom is 0.164 e. The Morgan fingerprint density at radius 3 is 1.82 bits per heavy atom. The first-order valence-electron chi connectivity index (χ1n) is 18.8. The van der Waals surface area contributed by atoms with Crippen LogP contribution in [-0.4, -0.2) is 19.5 Å². The topological polar surface area (TPSA) is 43.6 Å². The fourth-order valence-corrected chi connectivity index (χ4v) is 9.47. The van der Waals surface area contributed by atoms with Crippen LogP contribution in [0, 0.1) is 0 Å². The van der Waals surface area contributed by atoms with Crippen LogP contribution in [0.1, 0.15) is 0 Å². The smallest absolute Gasteiger partial charge is 0.164 e. The van der Waals surface area contributed by atoms with Gasteiger partial charge in [-0.3, -0.25) is 0 Å². The zero-order valence-corrected chi connectivity index (χ0v) is 31.0. The highest BCUT2D eigenvalue weighted by Gasteiger charge is 2.20. The second-order valence-corrected chi connectivity index (χ2v) is 15.1. The zero-order chi connectivity index (χ0) is 37.0. The van der Waals surface area contributed by atoms with Crippen molar-refractivity contribution in [3.63, 3.8) is 0 Å². The van der Waals surface area contributed by atoms with Gasteiger partial charge in [-0.25, -0.2) is 15.0 Å². The average Bonchev–Trinajstić information content (AvgIpc) is 3.81. The molecule has 0 spiro atoms. The quantitative estimate of drug-likeness (QED) is 0.171. The molecule has 5 heteroatoms. The summed E-state index contributed by atoms with van der Waals surface area (Å²) in [6, 6.07) is 67.0. The maximum absolute atomic E-state index is 5.11. The summed E-state index contributed by atoms with van der Waals surface area (Å²) in [5, 5.41) is 5.00. The van der Waals surface area contributed by atoms with E-state index < -0.39 is 0 Å². The van der Waals surface area contributed by atoms with E-state index in [9.17, 15) is 0 Å². The minimum Gasteiger partial charge on any atom is -0.309 e. The van der Waals surface area contributed by atoms with E-state index in [0.717, 1.165) is 39.1 Å². The van der Waals surface area contributed by atoms with Crippen molar-refractivity contribution in [2.45, 2.75) is 0 Å². The largest absolute Gasteiger partial charge is 0.309 e. The fourth-order valence-electron chi connectivity index (χ4n) is 8.21. The van der Waals surface area contributed by atoms with E-state index in [2.05, 4.69) is 167 Å². The minimum absolute atomic E-state index is 0.639. The molecular formula is C51H32N4S. The second-order valence-electron chi connectivity index (χ2n) is 14.0. The van der Waals surface area contributed by atoms with E-state index in [4.69, 9.17) is 9.97 Å². The van der Waals surface area contributed by atoms with Gasteiger partial charge in [0.1, 0.15) is 6.33 Å². The molecule has 11 rings (SSSR count). The van der Waals surface area contributed by atoms with Gasteiger partial charge in [-0.1, -0.05) is 152 Å². The van der Waals surface area contributed by atoms with E-state index in [-0.39, 0.29) is 0 Å². The molecule has 0 unspecified atom stereocenters. The van der Waals surface area contributed by atoms with Gasteiger partial charge in [0.15, 0.2) is 11.6 Å². The Labute approximate surface area is 327 Å². The molecule has 3 aromatic heterocycles. The molecule has 0 saturated carbocycles. The van der Waals surface area contributed by atoms with Crippen LogP contribution in [0.2, 0.25) is 0 Å². The first kappa shape index (κ1) is 32.2. The van der Waals surface area contributed by atoms with Gasteiger partial charge in [0, 0.05) is 53.3 Å². The summed E-state index contributed by atoms with van der Waals surface area (Å²) < 4.78 is 4.89. The van der Waals surface area contributed by atoms with E-state index in [0.29, 0.717) is 11.6 Å². The number of hydrogen-bond donors (Lipinski definition) is 0. The van der Waals surface area contributed by atoms with E-state index in [1.165, 1.54) is 53.1 Å². The fraction of sp³-hybridized carbons (Fsp3) is 0. The van der Waals surface area contributed by atoms with Crippen molar-refractivity contribution in [3.8, 4) is 61.8 Å². The van der Waals surface area contributed by atoms with Gasteiger partial charge in [0.05, 0.1) is 11.0 Å². The molecule has 4 nitrogen and oxygen atoms in total. The number of fused-ring (bicyclic) bond motifs is 6. The highest BCUT2D eigenvalue weighted by Crippen LogP contribution is 2.46. The number of rotatable bonds is 6. The number of nitrogens with zero attached hydrogens (tertiary/aromatic N) is 4. The standard InChI is InChI=1S/C51H32N4S/c1-4-15-33(16-5-1)37-21-10-11-22-38(37)35-27-28-39(45(29-35)51-53-32-52-50(54-51)34-17-6-2-7-18-34)41-24-14-25-42-44-30-47-43(31-48(44)56-49(41)42)40-23-12-13-26-46(40)55(47)36-19-8-3-9-20-36/h1-32H. The van der Waals surface area contributed by atoms with Crippen molar-refractivity contribution in [2.24, 2.45) is 0 Å². The van der Waals surface area contributed by atoms with Crippen molar-refractivity contribution >= 4 is 53.3 Å². The molecule has 262 valence electrons. The Balaban J connectivity index is 1.15. The summed E-state index contributed by atoms with van der Waals surface area (Å²) in [6.45, 7) is 0. The highest BCUT2D eigenvalue weighted by molar-refractivity contribution is 7.26. The summed E-state index contributed by atoms with van der Waals surface area (Å²) in [4.78, 5) is 14.5. The molecule has 0 amide bonds. The lowest BCUT2D eigenvalue weighted by atomic mass is 9.90. The molecule has 0 aliphatic carbocycles. The molecule has 3 heterocycles. The predicted molar refractivity (Wildman–Crippen MR) is 234 cm³/mol. The third-order valence-electron chi connectivity index (χ3n) is 10.8. The normalized spacial score (nSPS) is 11.6. The SMILES string of the molecule is c1ccc(-c2ncnc(-c3cc(-c4ccccc4-c4ccccc4)ccc3-c3cccc4c3sc3cc5c6ccccc6n(-c6ccccc6)c5cc34)n2)cc1. The molecule has 0 aliphatic rings. The molecule has 0 bridgehead atoms. The van der Waals surface area contributed by atoms with Crippen LogP contribution in [0.15, 0.2) is 194 Å². The zero-order valence-electron chi connectivity index (χ0n) is 30.2. The first-order valence-corrected chi connectivity index (χ1v) is 19.6. The number of thiophene rings is 1. The number of aromatic nitrogens is 4. The first-order chi connectivity index (χ1) is 27.8. The van der Waals surface area contributed by atoms with Crippen LogP contribution in [0.25, 0.3) is 104 Å². The molecule has 0 fully saturated rings. The van der Waals surface area contributed by atoms with Gasteiger partial charge >= 0.3 is 0 Å². The lowest BCUT2D eigenvalue weighted by molar-refractivity contribution is 1.07. The Bertz CT molecular complexity index is 3240. The van der Waals surface area contributed by atoms with Gasteiger partial charge in [-0.2, -0.15) is 0 Å². The van der Waals surface area contributed by atoms with Crippen molar-refractivity contribution in [1.29, 1.82) is 0 Å². The molecule has 0 aliphatic heterocycles. The van der Waals surface area contributed by atoms with Crippen molar-refractivity contribution in [2.75, 3.05) is 0 Å². The van der Waals surface area contributed by atoms with E-state index in [1.807, 2.05) is 41.7 Å². The lowest BCUT2D eigenvalue weighted by Gasteiger charge is -2.15. The van der Waals surface area contributed by atoms with Gasteiger partial charge in [-0.15, -0.1) is 11.3 Å². The van der Waals surface area contributed by atoms with Crippen LogP contribution >= 0.6 is 11.3 Å². The van der Waals surface area contributed by atoms with Gasteiger partial charge in [0.25, 0.3) is 0 Å². The summed E-state index contributed by atoms with van der Waals surface area (Å²) in [5.41, 5.74) is 12.3. The van der Waals surface area contributed by atoms with Crippen LogP contribution in [0.4, 0.5) is 0 Å². The third-order valence-corrected chi connectivity index (χ3v) is 12.0. The van der Waals surface area contributed by atoms with Gasteiger partial charge in [-0.05, 0) is 64.2 Å². The molecule has 0 radical (unpaired) electrons. The minimum atomic E-state index is 0.639. The molecule has 0 atom stereocenters. The number of hydrogen-bond acceptors (Lipinski definition) is 4. The van der Waals surface area contributed by atoms with Crippen LogP contribution in [-0.2, 0) is 0 Å². The van der Waals surface area contributed by atoms with Crippen LogP contribution in [0.5, 0.6) is 0 Å². The van der Waals surface area contributed by atoms with E-state index >= 15 is 0 Å². The maximum atomic E-state index is 5.11. The second kappa shape index (κ2) is 13.3. The Kier molecular flexibility index (Phi) is 7.64. The molecule has 8 aromatic carbocycles. The summed E-state index contributed by atoms with van der Waals surface area (Å²) >= 11 is 1.85. The summed E-state index contributed by atoms with van der Waals surface area (Å²) in [6.07, 6.45) is 1.64. The third kappa shape index (κ3) is 5.32. The lowest BCUT2D eigenvalue weighted by Crippen LogP contribution is -1.97. The molecule has 0 N–H and O–H groups in total. The van der Waals surface area contributed by atoms with Gasteiger partial charge in [0.2, 0.25) is 0 Å². The number of benzene rings is 8. The molecular weight excluding hydrogens is 701 g/mol. The Morgan fingerprint density at radius 2 is 1.02 bits per heavy atom.